The summed E-state index contributed by atoms with van der Waals surface area (Å²) >= 11 is 0. The zero-order valence-corrected chi connectivity index (χ0v) is 25.3. The van der Waals surface area contributed by atoms with Crippen LogP contribution in [-0.4, -0.2) is 17.0 Å². The first-order valence-electron chi connectivity index (χ1n) is 16.6. The van der Waals surface area contributed by atoms with Crippen LogP contribution in [0, 0.1) is 5.92 Å². The molecule has 0 radical (unpaired) electrons. The molecule has 0 spiro atoms. The summed E-state index contributed by atoms with van der Waals surface area (Å²) in [4.78, 5) is 20.2. The van der Waals surface area contributed by atoms with Gasteiger partial charge in [0.25, 0.3) is 0 Å². The maximum atomic E-state index is 10.4. The van der Waals surface area contributed by atoms with Gasteiger partial charge in [-0.25, -0.2) is 0 Å². The molecule has 0 atom stereocenters. The Hall–Kier alpha value is -1.32. The van der Waals surface area contributed by atoms with Gasteiger partial charge in [-0.2, -0.15) is 0 Å². The van der Waals surface area contributed by atoms with Gasteiger partial charge >= 0.3 is 11.9 Å². The number of ether oxygens (including phenoxy) is 1. The normalized spacial score (nSPS) is 13.5. The van der Waals surface area contributed by atoms with Gasteiger partial charge in [-0.15, -0.1) is 0 Å². The summed E-state index contributed by atoms with van der Waals surface area (Å²) in [6.07, 6.45) is 39.6. The molecule has 0 unspecified atom stereocenters. The van der Waals surface area contributed by atoms with E-state index in [0.717, 1.165) is 25.0 Å². The zero-order chi connectivity index (χ0) is 27.9. The molecular weight excluding hydrogens is 472 g/mol. The van der Waals surface area contributed by atoms with E-state index in [1.54, 1.807) is 0 Å². The molecule has 1 saturated carbocycles. The minimum atomic E-state index is -0.648. The second-order valence-corrected chi connectivity index (χ2v) is 11.6. The number of carbonyl (C=O) groups excluding carboxylic acids is 1. The zero-order valence-electron chi connectivity index (χ0n) is 25.3. The summed E-state index contributed by atoms with van der Waals surface area (Å²) in [5, 5.41) is 8.61. The first-order chi connectivity index (χ1) is 18.6. The second kappa shape index (κ2) is 30.2. The molecule has 1 fully saturated rings. The van der Waals surface area contributed by atoms with Gasteiger partial charge in [0.2, 0.25) is 0 Å². The number of hydrogen-bond donors (Lipinski definition) is 1. The minimum Gasteiger partial charge on any atom is -0.481 e. The summed E-state index contributed by atoms with van der Waals surface area (Å²) in [6, 6.07) is 0. The standard InChI is InChI=1S/C30H58O2.C4H6O2/c31-30(32)28-24-19-17-15-13-11-9-7-5-3-1-2-4-6-8-10-12-14-16-18-21-25-29-26-22-20-23-27-29;1-3-6-4(2)5/h29H,1-28H2,(H,31,32);3H,1H2,2H3. The van der Waals surface area contributed by atoms with Gasteiger partial charge in [0.05, 0.1) is 6.26 Å². The fourth-order valence-electron chi connectivity index (χ4n) is 5.66. The molecule has 0 bridgehead atoms. The molecule has 224 valence electrons. The highest BCUT2D eigenvalue weighted by atomic mass is 16.5. The minimum absolute atomic E-state index is 0.329. The molecule has 4 heteroatoms. The molecule has 4 nitrogen and oxygen atoms in total. The average molecular weight is 537 g/mol. The van der Waals surface area contributed by atoms with Gasteiger partial charge in [0.1, 0.15) is 0 Å². The molecule has 0 aromatic carbocycles. The largest absolute Gasteiger partial charge is 0.481 e. The van der Waals surface area contributed by atoms with E-state index >= 15 is 0 Å². The van der Waals surface area contributed by atoms with Crippen molar-refractivity contribution in [1.29, 1.82) is 0 Å². The van der Waals surface area contributed by atoms with Gasteiger partial charge in [-0.3, -0.25) is 9.59 Å². The van der Waals surface area contributed by atoms with Crippen LogP contribution in [0.4, 0.5) is 0 Å². The van der Waals surface area contributed by atoms with Crippen LogP contribution in [0.15, 0.2) is 12.8 Å². The summed E-state index contributed by atoms with van der Waals surface area (Å²) in [6.45, 7) is 4.48. The van der Waals surface area contributed by atoms with Crippen molar-refractivity contribution in [3.05, 3.63) is 12.8 Å². The predicted molar refractivity (Wildman–Crippen MR) is 162 cm³/mol. The molecule has 0 amide bonds. The number of hydrogen-bond acceptors (Lipinski definition) is 3. The first kappa shape index (κ1) is 36.7. The molecule has 0 aromatic rings. The molecule has 0 saturated heterocycles. The smallest absolute Gasteiger partial charge is 0.307 e. The van der Waals surface area contributed by atoms with E-state index in [1.165, 1.54) is 167 Å². The van der Waals surface area contributed by atoms with Crippen LogP contribution in [0.25, 0.3) is 0 Å². The number of carboxylic acid groups (broad SMARTS) is 1. The predicted octanol–water partition coefficient (Wildman–Crippen LogP) is 11.3. The summed E-state index contributed by atoms with van der Waals surface area (Å²) < 4.78 is 4.17. The van der Waals surface area contributed by atoms with Crippen molar-refractivity contribution in [2.75, 3.05) is 0 Å². The highest BCUT2D eigenvalue weighted by Crippen LogP contribution is 2.28. The lowest BCUT2D eigenvalue weighted by atomic mass is 9.85. The average Bonchev–Trinajstić information content (AvgIpc) is 2.90. The van der Waals surface area contributed by atoms with Gasteiger partial charge in [0, 0.05) is 13.3 Å². The molecule has 1 N–H and O–H groups in total. The highest BCUT2D eigenvalue weighted by molar-refractivity contribution is 5.66. The molecule has 0 aromatic heterocycles. The molecular formula is C34H64O4. The van der Waals surface area contributed by atoms with Crippen molar-refractivity contribution in [2.24, 2.45) is 5.92 Å². The summed E-state index contributed by atoms with van der Waals surface area (Å²) in [5.74, 6) is 0.110. The van der Waals surface area contributed by atoms with Crippen molar-refractivity contribution < 1.29 is 19.4 Å². The number of carboxylic acids is 1. The van der Waals surface area contributed by atoms with Crippen LogP contribution < -0.4 is 0 Å². The van der Waals surface area contributed by atoms with Crippen molar-refractivity contribution in [1.82, 2.24) is 0 Å². The number of esters is 1. The third-order valence-electron chi connectivity index (χ3n) is 7.98. The van der Waals surface area contributed by atoms with Gasteiger partial charge in [-0.05, 0) is 12.3 Å². The van der Waals surface area contributed by atoms with Crippen LogP contribution in [0.3, 0.4) is 0 Å². The Morgan fingerprint density at radius 2 is 0.974 bits per heavy atom. The molecule has 0 aliphatic heterocycles. The Balaban J connectivity index is 0.00000203. The Morgan fingerprint density at radius 1 is 0.632 bits per heavy atom. The Kier molecular flexibility index (Phi) is 29.2. The molecule has 38 heavy (non-hydrogen) atoms. The van der Waals surface area contributed by atoms with E-state index in [1.807, 2.05) is 0 Å². The van der Waals surface area contributed by atoms with E-state index in [-0.39, 0.29) is 5.97 Å². The van der Waals surface area contributed by atoms with Crippen LogP contribution in [0.2, 0.25) is 0 Å². The number of unbranched alkanes of at least 4 members (excludes halogenated alkanes) is 20. The number of aliphatic carboxylic acids is 1. The van der Waals surface area contributed by atoms with E-state index in [2.05, 4.69) is 11.3 Å². The highest BCUT2D eigenvalue weighted by Gasteiger charge is 2.12. The van der Waals surface area contributed by atoms with Crippen LogP contribution in [0.1, 0.15) is 187 Å². The van der Waals surface area contributed by atoms with E-state index in [4.69, 9.17) is 5.11 Å². The van der Waals surface area contributed by atoms with Crippen LogP contribution in [-0.2, 0) is 14.3 Å². The van der Waals surface area contributed by atoms with Gasteiger partial charge in [-0.1, -0.05) is 174 Å². The van der Waals surface area contributed by atoms with Gasteiger partial charge < -0.3 is 9.84 Å². The SMILES string of the molecule is C=COC(C)=O.O=C(O)CCCCCCCCCCCCCCCCCCCCCCCC1CCCCC1. The fourth-order valence-corrected chi connectivity index (χ4v) is 5.66. The van der Waals surface area contributed by atoms with Crippen molar-refractivity contribution >= 4 is 11.9 Å². The lowest BCUT2D eigenvalue weighted by Gasteiger charge is -2.21. The topological polar surface area (TPSA) is 63.6 Å². The number of rotatable bonds is 25. The Morgan fingerprint density at radius 3 is 1.26 bits per heavy atom. The second-order valence-electron chi connectivity index (χ2n) is 11.6. The van der Waals surface area contributed by atoms with Crippen molar-refractivity contribution in [3.8, 4) is 0 Å². The maximum Gasteiger partial charge on any atom is 0.307 e. The van der Waals surface area contributed by atoms with Crippen LogP contribution in [0.5, 0.6) is 0 Å². The Labute approximate surface area is 236 Å². The maximum absolute atomic E-state index is 10.4. The summed E-state index contributed by atoms with van der Waals surface area (Å²) in [7, 11) is 0. The van der Waals surface area contributed by atoms with Crippen molar-refractivity contribution in [3.63, 3.8) is 0 Å². The first-order valence-corrected chi connectivity index (χ1v) is 16.6. The molecule has 1 aliphatic carbocycles. The molecule has 1 aliphatic rings. The van der Waals surface area contributed by atoms with E-state index < -0.39 is 5.97 Å². The monoisotopic (exact) mass is 536 g/mol. The fraction of sp³-hybridized carbons (Fsp3) is 0.882. The number of carbonyl (C=O) groups is 2. The van der Waals surface area contributed by atoms with E-state index in [0.29, 0.717) is 6.42 Å². The van der Waals surface area contributed by atoms with Gasteiger partial charge in [0.15, 0.2) is 0 Å². The summed E-state index contributed by atoms with van der Waals surface area (Å²) in [5.41, 5.74) is 0. The third kappa shape index (κ3) is 30.9. The quantitative estimate of drug-likeness (QED) is 0.0715. The van der Waals surface area contributed by atoms with Crippen molar-refractivity contribution in [2.45, 2.75) is 187 Å². The molecule has 0 heterocycles. The Bertz CT molecular complexity index is 525. The van der Waals surface area contributed by atoms with Crippen LogP contribution >= 0.6 is 0 Å². The third-order valence-corrected chi connectivity index (χ3v) is 7.98. The molecule has 1 rings (SSSR count). The lowest BCUT2D eigenvalue weighted by Crippen LogP contribution is -2.05. The lowest BCUT2D eigenvalue weighted by molar-refractivity contribution is -0.137. The van der Waals surface area contributed by atoms with E-state index in [9.17, 15) is 9.59 Å².